The third-order valence-corrected chi connectivity index (χ3v) is 2.44. The highest BCUT2D eigenvalue weighted by atomic mass is 79.9. The first-order valence-corrected chi connectivity index (χ1v) is 5.36. The fourth-order valence-electron chi connectivity index (χ4n) is 0.946. The molecule has 70 valence electrons. The smallest absolute Gasteiger partial charge is 0.180 e. The van der Waals surface area contributed by atoms with Crippen LogP contribution in [0.25, 0.3) is 0 Å². The van der Waals surface area contributed by atoms with Gasteiger partial charge in [0.1, 0.15) is 0 Å². The fourth-order valence-corrected chi connectivity index (χ4v) is 2.02. The zero-order valence-corrected chi connectivity index (χ0v) is 10.2. The molecule has 0 amide bonds. The highest BCUT2D eigenvalue weighted by Crippen LogP contribution is 2.20. The van der Waals surface area contributed by atoms with Crippen LogP contribution in [0.15, 0.2) is 27.6 Å². The zero-order valence-electron chi connectivity index (χ0n) is 6.92. The lowest BCUT2D eigenvalue weighted by Gasteiger charge is -2.03. The summed E-state index contributed by atoms with van der Waals surface area (Å²) in [5.41, 5.74) is 0.585. The molecule has 1 rings (SSSR count). The third kappa shape index (κ3) is 3.01. The molecule has 0 aliphatic carbocycles. The molecule has 0 heterocycles. The second kappa shape index (κ2) is 4.49. The van der Waals surface area contributed by atoms with E-state index < -0.39 is 5.38 Å². The van der Waals surface area contributed by atoms with E-state index in [0.29, 0.717) is 5.56 Å². The molecule has 13 heavy (non-hydrogen) atoms. The molecule has 0 saturated heterocycles. The summed E-state index contributed by atoms with van der Waals surface area (Å²) in [7, 11) is 0. The van der Waals surface area contributed by atoms with Crippen molar-refractivity contribution in [3.05, 3.63) is 28.2 Å². The average Bonchev–Trinajstić information content (AvgIpc) is 2.01. The van der Waals surface area contributed by atoms with Gasteiger partial charge in [0.25, 0.3) is 0 Å². The number of carbonyl (C=O) groups is 1. The lowest BCUT2D eigenvalue weighted by Crippen LogP contribution is -2.10. The van der Waals surface area contributed by atoms with Crippen molar-refractivity contribution >= 4 is 45.9 Å². The Balaban J connectivity index is 3.08. The molecule has 1 aromatic carbocycles. The Bertz CT molecular complexity index is 318. The van der Waals surface area contributed by atoms with E-state index in [4.69, 9.17) is 11.6 Å². The molecule has 0 aromatic heterocycles. The molecule has 4 heteroatoms. The summed E-state index contributed by atoms with van der Waals surface area (Å²) >= 11 is 13.1. The van der Waals surface area contributed by atoms with Crippen LogP contribution in [0.1, 0.15) is 17.3 Å². The standard InChI is InChI=1S/C9H8BrClOS/c1-5(11)9(12)6-2-7(10)4-8(13)3-6/h2-5,13H,1H3. The number of thiol groups is 1. The number of ketones is 1. The lowest BCUT2D eigenvalue weighted by atomic mass is 10.1. The Kier molecular flexibility index (Phi) is 3.83. The van der Waals surface area contributed by atoms with Crippen molar-refractivity contribution in [3.8, 4) is 0 Å². The molecular formula is C9H8BrClOS. The van der Waals surface area contributed by atoms with E-state index in [-0.39, 0.29) is 5.78 Å². The lowest BCUT2D eigenvalue weighted by molar-refractivity contribution is 0.0991. The Morgan fingerprint density at radius 3 is 2.62 bits per heavy atom. The van der Waals surface area contributed by atoms with Crippen molar-refractivity contribution in [1.82, 2.24) is 0 Å². The molecule has 0 aliphatic heterocycles. The van der Waals surface area contributed by atoms with Gasteiger partial charge in [-0.2, -0.15) is 0 Å². The minimum Gasteiger partial charge on any atom is -0.293 e. The van der Waals surface area contributed by atoms with E-state index in [1.165, 1.54) is 0 Å². The van der Waals surface area contributed by atoms with Crippen LogP contribution in [-0.4, -0.2) is 11.2 Å². The van der Waals surface area contributed by atoms with Crippen LogP contribution in [0.5, 0.6) is 0 Å². The number of carbonyl (C=O) groups excluding carboxylic acids is 1. The van der Waals surface area contributed by atoms with E-state index in [2.05, 4.69) is 28.6 Å². The van der Waals surface area contributed by atoms with Gasteiger partial charge in [0.15, 0.2) is 5.78 Å². The van der Waals surface area contributed by atoms with E-state index in [1.54, 1.807) is 19.1 Å². The Morgan fingerprint density at radius 2 is 2.15 bits per heavy atom. The number of Topliss-reactive ketones (excluding diaryl/α,β-unsaturated/α-hetero) is 1. The van der Waals surface area contributed by atoms with Crippen LogP contribution in [0.4, 0.5) is 0 Å². The van der Waals surface area contributed by atoms with Gasteiger partial charge in [-0.3, -0.25) is 4.79 Å². The predicted molar refractivity (Wildman–Crippen MR) is 61.0 cm³/mol. The van der Waals surface area contributed by atoms with E-state index in [0.717, 1.165) is 9.37 Å². The molecule has 0 spiro atoms. The van der Waals surface area contributed by atoms with Gasteiger partial charge in [0, 0.05) is 14.9 Å². The first-order valence-electron chi connectivity index (χ1n) is 3.68. The zero-order chi connectivity index (χ0) is 10.0. The first-order chi connectivity index (χ1) is 6.00. The third-order valence-electron chi connectivity index (χ3n) is 1.53. The summed E-state index contributed by atoms with van der Waals surface area (Å²) in [6.07, 6.45) is 0. The number of halogens is 2. The van der Waals surface area contributed by atoms with Crippen LogP contribution in [0, 0.1) is 0 Å². The van der Waals surface area contributed by atoms with E-state index in [9.17, 15) is 4.79 Å². The minimum atomic E-state index is -0.498. The number of hydrogen-bond donors (Lipinski definition) is 1. The normalized spacial score (nSPS) is 12.6. The first kappa shape index (κ1) is 11.1. The molecule has 0 bridgehead atoms. The Labute approximate surface area is 96.0 Å². The van der Waals surface area contributed by atoms with Gasteiger partial charge in [0.2, 0.25) is 0 Å². The SMILES string of the molecule is CC(Cl)C(=O)c1cc(S)cc(Br)c1. The molecule has 1 unspecified atom stereocenters. The molecular weight excluding hydrogens is 272 g/mol. The number of hydrogen-bond acceptors (Lipinski definition) is 2. The number of alkyl halides is 1. The van der Waals surface area contributed by atoms with Crippen LogP contribution in [0.3, 0.4) is 0 Å². The molecule has 0 aliphatic rings. The Morgan fingerprint density at radius 1 is 1.54 bits per heavy atom. The van der Waals surface area contributed by atoms with Crippen LogP contribution in [-0.2, 0) is 0 Å². The minimum absolute atomic E-state index is 0.0849. The van der Waals surface area contributed by atoms with E-state index >= 15 is 0 Å². The van der Waals surface area contributed by atoms with Crippen molar-refractivity contribution in [3.63, 3.8) is 0 Å². The monoisotopic (exact) mass is 278 g/mol. The number of rotatable bonds is 2. The fraction of sp³-hybridized carbons (Fsp3) is 0.222. The number of benzene rings is 1. The summed E-state index contributed by atoms with van der Waals surface area (Å²) < 4.78 is 0.834. The molecule has 1 atom stereocenters. The molecule has 0 radical (unpaired) electrons. The second-order valence-corrected chi connectivity index (χ2v) is 4.77. The molecule has 0 saturated carbocycles. The van der Waals surface area contributed by atoms with Crippen molar-refractivity contribution < 1.29 is 4.79 Å². The molecule has 0 fully saturated rings. The highest BCUT2D eigenvalue weighted by Gasteiger charge is 2.12. The Hall–Kier alpha value is 0.01000. The van der Waals surface area contributed by atoms with Gasteiger partial charge >= 0.3 is 0 Å². The average molecular weight is 280 g/mol. The van der Waals surface area contributed by atoms with Crippen molar-refractivity contribution in [2.45, 2.75) is 17.2 Å². The maximum absolute atomic E-state index is 11.5. The van der Waals surface area contributed by atoms with Gasteiger partial charge in [-0.15, -0.1) is 24.2 Å². The molecule has 1 nitrogen and oxygen atoms in total. The predicted octanol–water partition coefficient (Wildman–Crippen LogP) is 3.55. The second-order valence-electron chi connectivity index (χ2n) is 2.68. The van der Waals surface area contributed by atoms with Gasteiger partial charge < -0.3 is 0 Å². The molecule has 1 aromatic rings. The highest BCUT2D eigenvalue weighted by molar-refractivity contribution is 9.10. The van der Waals surface area contributed by atoms with Crippen molar-refractivity contribution in [2.24, 2.45) is 0 Å². The summed E-state index contributed by atoms with van der Waals surface area (Å²) in [4.78, 5) is 12.2. The summed E-state index contributed by atoms with van der Waals surface area (Å²) in [5, 5.41) is -0.498. The van der Waals surface area contributed by atoms with Gasteiger partial charge in [0.05, 0.1) is 5.38 Å². The van der Waals surface area contributed by atoms with Gasteiger partial charge in [-0.1, -0.05) is 15.9 Å². The maximum Gasteiger partial charge on any atom is 0.180 e. The van der Waals surface area contributed by atoms with Crippen molar-refractivity contribution in [2.75, 3.05) is 0 Å². The largest absolute Gasteiger partial charge is 0.293 e. The van der Waals surface area contributed by atoms with E-state index in [1.807, 2.05) is 6.07 Å². The molecule has 0 N–H and O–H groups in total. The topological polar surface area (TPSA) is 17.1 Å². The summed E-state index contributed by atoms with van der Waals surface area (Å²) in [5.74, 6) is -0.0849. The van der Waals surface area contributed by atoms with Crippen molar-refractivity contribution in [1.29, 1.82) is 0 Å². The summed E-state index contributed by atoms with van der Waals surface area (Å²) in [6, 6.07) is 5.26. The quantitative estimate of drug-likeness (QED) is 0.498. The van der Waals surface area contributed by atoms with Gasteiger partial charge in [-0.25, -0.2) is 0 Å². The maximum atomic E-state index is 11.5. The van der Waals surface area contributed by atoms with Crippen LogP contribution < -0.4 is 0 Å². The van der Waals surface area contributed by atoms with Crippen LogP contribution >= 0.6 is 40.2 Å². The van der Waals surface area contributed by atoms with Gasteiger partial charge in [-0.05, 0) is 25.1 Å². The summed E-state index contributed by atoms with van der Waals surface area (Å²) in [6.45, 7) is 1.66. The van der Waals surface area contributed by atoms with Crippen LogP contribution in [0.2, 0.25) is 0 Å².